The summed E-state index contributed by atoms with van der Waals surface area (Å²) < 4.78 is 23.2. The van der Waals surface area contributed by atoms with Crippen molar-refractivity contribution in [1.29, 1.82) is 0 Å². The SMILES string of the molecule is Nc1c(F)c(NCCNc2ccccn2)c2c3c1c(=O)c(C(=O)O)cn3CC1(CCC1)CO2. The number of hydrogen-bond donors (Lipinski definition) is 4. The van der Waals surface area contributed by atoms with Crippen molar-refractivity contribution in [3.63, 3.8) is 0 Å². The zero-order valence-corrected chi connectivity index (χ0v) is 17.9. The van der Waals surface area contributed by atoms with Crippen molar-refractivity contribution in [2.45, 2.75) is 25.8 Å². The first-order valence-electron chi connectivity index (χ1n) is 10.8. The first-order chi connectivity index (χ1) is 15.9. The van der Waals surface area contributed by atoms with Gasteiger partial charge in [-0.25, -0.2) is 14.2 Å². The van der Waals surface area contributed by atoms with E-state index in [4.69, 9.17) is 10.5 Å². The average molecular weight is 453 g/mol. The van der Waals surface area contributed by atoms with Crippen LogP contribution in [-0.2, 0) is 6.54 Å². The Labute approximate surface area is 188 Å². The molecule has 3 aromatic rings. The van der Waals surface area contributed by atoms with E-state index in [0.717, 1.165) is 19.3 Å². The van der Waals surface area contributed by atoms with Crippen molar-refractivity contribution >= 4 is 34.1 Å². The summed E-state index contributed by atoms with van der Waals surface area (Å²) in [5.74, 6) is -1.32. The predicted octanol–water partition coefficient (Wildman–Crippen LogP) is 2.90. The molecular weight excluding hydrogens is 429 g/mol. The molecule has 0 saturated heterocycles. The van der Waals surface area contributed by atoms with Gasteiger partial charge in [0.25, 0.3) is 0 Å². The number of benzene rings is 1. The van der Waals surface area contributed by atoms with Gasteiger partial charge in [0.1, 0.15) is 17.1 Å². The second-order valence-corrected chi connectivity index (χ2v) is 8.67. The van der Waals surface area contributed by atoms with Gasteiger partial charge in [-0.2, -0.15) is 0 Å². The lowest BCUT2D eigenvalue weighted by atomic mass is 9.69. The summed E-state index contributed by atoms with van der Waals surface area (Å²) in [5, 5.41) is 15.6. The summed E-state index contributed by atoms with van der Waals surface area (Å²) in [7, 11) is 0. The van der Waals surface area contributed by atoms with E-state index >= 15 is 4.39 Å². The highest BCUT2D eigenvalue weighted by Gasteiger charge is 2.41. The normalized spacial score (nSPS) is 16.0. The van der Waals surface area contributed by atoms with Gasteiger partial charge >= 0.3 is 5.97 Å². The van der Waals surface area contributed by atoms with Crippen molar-refractivity contribution < 1.29 is 19.0 Å². The Morgan fingerprint density at radius 2 is 2.09 bits per heavy atom. The summed E-state index contributed by atoms with van der Waals surface area (Å²) in [6, 6.07) is 5.49. The number of hydrogen-bond acceptors (Lipinski definition) is 7. The molecule has 0 unspecified atom stereocenters. The van der Waals surface area contributed by atoms with Crippen molar-refractivity contribution in [3.8, 4) is 5.75 Å². The molecule has 2 aromatic heterocycles. The molecule has 3 heterocycles. The zero-order chi connectivity index (χ0) is 23.2. The van der Waals surface area contributed by atoms with Crippen LogP contribution in [0.4, 0.5) is 21.6 Å². The lowest BCUT2D eigenvalue weighted by molar-refractivity contribution is 0.0475. The maximum atomic E-state index is 15.4. The molecule has 33 heavy (non-hydrogen) atoms. The van der Waals surface area contributed by atoms with Crippen molar-refractivity contribution in [2.24, 2.45) is 5.41 Å². The molecule has 5 rings (SSSR count). The number of nitrogens with zero attached hydrogens (tertiary/aromatic N) is 2. The molecule has 1 aliphatic heterocycles. The molecule has 1 spiro atoms. The van der Waals surface area contributed by atoms with Gasteiger partial charge in [-0.05, 0) is 25.0 Å². The van der Waals surface area contributed by atoms with E-state index in [-0.39, 0.29) is 27.9 Å². The molecule has 0 amide bonds. The van der Waals surface area contributed by atoms with Gasteiger partial charge in [0.05, 0.1) is 23.2 Å². The van der Waals surface area contributed by atoms with Gasteiger partial charge in [0, 0.05) is 37.4 Å². The maximum absolute atomic E-state index is 15.4. The van der Waals surface area contributed by atoms with E-state index in [1.54, 1.807) is 10.8 Å². The number of anilines is 3. The molecular formula is C23H24FN5O4. The fourth-order valence-electron chi connectivity index (χ4n) is 4.65. The molecule has 0 radical (unpaired) electrons. The van der Waals surface area contributed by atoms with E-state index < -0.39 is 22.8 Å². The third kappa shape index (κ3) is 3.51. The van der Waals surface area contributed by atoms with Crippen LogP contribution in [0.25, 0.3) is 10.9 Å². The monoisotopic (exact) mass is 453 g/mol. The molecule has 10 heteroatoms. The van der Waals surface area contributed by atoms with Gasteiger partial charge < -0.3 is 30.8 Å². The number of pyridine rings is 2. The third-order valence-electron chi connectivity index (χ3n) is 6.52. The number of aromatic nitrogens is 2. The van der Waals surface area contributed by atoms with Crippen LogP contribution in [0.1, 0.15) is 29.6 Å². The topological polar surface area (TPSA) is 131 Å². The minimum absolute atomic E-state index is 0.0652. The minimum Gasteiger partial charge on any atom is -0.488 e. The highest BCUT2D eigenvalue weighted by Crippen LogP contribution is 2.48. The minimum atomic E-state index is -1.37. The number of nitrogen functional groups attached to an aromatic ring is 1. The number of aromatic carboxylic acids is 1. The number of ether oxygens (including phenoxy) is 1. The van der Waals surface area contributed by atoms with Crippen molar-refractivity contribution in [2.75, 3.05) is 36.1 Å². The molecule has 0 atom stereocenters. The number of carboxylic acid groups (broad SMARTS) is 1. The van der Waals surface area contributed by atoms with Crippen LogP contribution in [-0.4, -0.2) is 40.3 Å². The summed E-state index contributed by atoms with van der Waals surface area (Å²) in [4.78, 5) is 28.8. The predicted molar refractivity (Wildman–Crippen MR) is 123 cm³/mol. The van der Waals surface area contributed by atoms with Crippen LogP contribution in [0.2, 0.25) is 0 Å². The lowest BCUT2D eigenvalue weighted by Gasteiger charge is -2.40. The van der Waals surface area contributed by atoms with Crippen LogP contribution in [0.5, 0.6) is 5.75 Å². The van der Waals surface area contributed by atoms with Crippen LogP contribution in [0.15, 0.2) is 35.4 Å². The Bertz CT molecular complexity index is 1300. The van der Waals surface area contributed by atoms with Crippen LogP contribution in [0.3, 0.4) is 0 Å². The van der Waals surface area contributed by atoms with E-state index in [2.05, 4.69) is 15.6 Å². The lowest BCUT2D eigenvalue weighted by Crippen LogP contribution is -2.38. The fraction of sp³-hybridized carbons (Fsp3) is 0.348. The smallest absolute Gasteiger partial charge is 0.341 e. The quantitative estimate of drug-likeness (QED) is 0.331. The molecule has 1 aromatic carbocycles. The number of nitrogens with one attached hydrogen (secondary N) is 2. The standard InChI is InChI=1S/C23H24FN5O4/c24-16-17(25)15-19-21(18(16)28-9-8-27-14-4-1-2-7-26-14)33-12-23(5-3-6-23)11-29(19)10-13(20(15)30)22(31)32/h1-2,4,7,10,28H,3,5-6,8-9,11-12,25H2,(H,26,27)(H,31,32). The number of carboxylic acids is 1. The Kier molecular flexibility index (Phi) is 5.07. The van der Waals surface area contributed by atoms with E-state index in [1.165, 1.54) is 6.20 Å². The van der Waals surface area contributed by atoms with E-state index in [9.17, 15) is 14.7 Å². The Balaban J connectivity index is 1.57. The molecule has 2 aliphatic rings. The number of rotatable bonds is 6. The zero-order valence-electron chi connectivity index (χ0n) is 17.9. The number of carbonyl (C=O) groups is 1. The molecule has 1 saturated carbocycles. The van der Waals surface area contributed by atoms with Gasteiger partial charge in [-0.15, -0.1) is 0 Å². The maximum Gasteiger partial charge on any atom is 0.341 e. The average Bonchev–Trinajstić information content (AvgIpc) is 2.95. The van der Waals surface area contributed by atoms with Crippen LogP contribution >= 0.6 is 0 Å². The van der Waals surface area contributed by atoms with Crippen molar-refractivity contribution in [3.05, 3.63) is 52.2 Å². The summed E-state index contributed by atoms with van der Waals surface area (Å²) in [6.45, 7) is 1.60. The molecule has 9 nitrogen and oxygen atoms in total. The van der Waals surface area contributed by atoms with Gasteiger partial charge in [0.15, 0.2) is 11.6 Å². The van der Waals surface area contributed by atoms with E-state index in [1.807, 2.05) is 18.2 Å². The highest BCUT2D eigenvalue weighted by atomic mass is 19.1. The summed E-state index contributed by atoms with van der Waals surface area (Å²) >= 11 is 0. The molecule has 1 fully saturated rings. The van der Waals surface area contributed by atoms with E-state index in [0.29, 0.717) is 37.6 Å². The second kappa shape index (κ2) is 7.95. The van der Waals surface area contributed by atoms with Crippen molar-refractivity contribution in [1.82, 2.24) is 9.55 Å². The van der Waals surface area contributed by atoms with Crippen LogP contribution in [0, 0.1) is 11.2 Å². The Morgan fingerprint density at radius 3 is 2.76 bits per heavy atom. The summed E-state index contributed by atoms with van der Waals surface area (Å²) in [6.07, 6.45) is 5.85. The molecule has 172 valence electrons. The van der Waals surface area contributed by atoms with Crippen LogP contribution < -0.4 is 26.5 Å². The fourth-order valence-corrected chi connectivity index (χ4v) is 4.65. The molecule has 5 N–H and O–H groups in total. The number of halogens is 1. The van der Waals surface area contributed by atoms with Gasteiger partial charge in [-0.1, -0.05) is 12.5 Å². The first kappa shape index (κ1) is 21.0. The third-order valence-corrected chi connectivity index (χ3v) is 6.52. The second-order valence-electron chi connectivity index (χ2n) is 8.67. The Hall–Kier alpha value is -3.82. The highest BCUT2D eigenvalue weighted by molar-refractivity contribution is 6.03. The molecule has 0 bridgehead atoms. The largest absolute Gasteiger partial charge is 0.488 e. The number of nitrogens with two attached hydrogens (primary N) is 1. The summed E-state index contributed by atoms with van der Waals surface area (Å²) in [5.41, 5.74) is 4.64. The first-order valence-corrected chi connectivity index (χ1v) is 10.8. The molecule has 1 aliphatic carbocycles. The van der Waals surface area contributed by atoms with Gasteiger partial charge in [0.2, 0.25) is 5.43 Å². The van der Waals surface area contributed by atoms with Gasteiger partial charge in [-0.3, -0.25) is 4.79 Å². The Morgan fingerprint density at radius 1 is 1.30 bits per heavy atom.